The predicted octanol–water partition coefficient (Wildman–Crippen LogP) is 5.60. The quantitative estimate of drug-likeness (QED) is 0.591. The van der Waals surface area contributed by atoms with Crippen molar-refractivity contribution in [1.82, 2.24) is 0 Å². The molecule has 0 aliphatic heterocycles. The van der Waals surface area contributed by atoms with Gasteiger partial charge in [-0.3, -0.25) is 0 Å². The average Bonchev–Trinajstić information content (AvgIpc) is 2.39. The van der Waals surface area contributed by atoms with Crippen LogP contribution in [-0.2, 0) is 6.16 Å². The second-order valence-corrected chi connectivity index (χ2v) is 13.6. The van der Waals surface area contributed by atoms with E-state index in [2.05, 4.69) is 51.6 Å². The van der Waals surface area contributed by atoms with Crippen LogP contribution in [0.25, 0.3) is 6.08 Å². The molecule has 0 unspecified atom stereocenters. The SMILES string of the molecule is C=Cc1cccc(CP(Cl)(CC)(CC)CC)c1. The molecule has 0 spiro atoms. The average molecular weight is 271 g/mol. The second kappa shape index (κ2) is 5.55. The zero-order valence-electron chi connectivity index (χ0n) is 11.2. The molecule has 0 atom stereocenters. The fraction of sp³-hybridized carbons (Fsp3) is 0.467. The molecular weight excluding hydrogens is 247 g/mol. The van der Waals surface area contributed by atoms with Gasteiger partial charge in [-0.05, 0) is 0 Å². The van der Waals surface area contributed by atoms with Gasteiger partial charge < -0.3 is 0 Å². The molecule has 0 radical (unpaired) electrons. The van der Waals surface area contributed by atoms with Crippen molar-refractivity contribution in [2.75, 3.05) is 18.5 Å². The van der Waals surface area contributed by atoms with Gasteiger partial charge in [0, 0.05) is 0 Å². The van der Waals surface area contributed by atoms with Crippen molar-refractivity contribution < 1.29 is 0 Å². The first-order valence-electron chi connectivity index (χ1n) is 6.43. The van der Waals surface area contributed by atoms with E-state index in [-0.39, 0.29) is 0 Å². The molecule has 0 aromatic heterocycles. The van der Waals surface area contributed by atoms with E-state index in [1.165, 1.54) is 11.1 Å². The van der Waals surface area contributed by atoms with Gasteiger partial charge in [0.15, 0.2) is 0 Å². The van der Waals surface area contributed by atoms with Crippen LogP contribution in [0, 0.1) is 0 Å². The third-order valence-electron chi connectivity index (χ3n) is 4.14. The molecule has 0 bridgehead atoms. The van der Waals surface area contributed by atoms with Crippen LogP contribution in [0.5, 0.6) is 0 Å². The molecule has 0 saturated carbocycles. The molecule has 2 heteroatoms. The zero-order valence-corrected chi connectivity index (χ0v) is 12.9. The Kier molecular flexibility index (Phi) is 4.81. The first-order chi connectivity index (χ1) is 7.99. The van der Waals surface area contributed by atoms with Crippen molar-refractivity contribution in [2.45, 2.75) is 26.9 Å². The number of hydrogen-bond acceptors (Lipinski definition) is 0. The summed E-state index contributed by atoms with van der Waals surface area (Å²) in [5.74, 6) is -2.03. The fourth-order valence-corrected chi connectivity index (χ4v) is 5.82. The minimum absolute atomic E-state index is 1.05. The summed E-state index contributed by atoms with van der Waals surface area (Å²) in [7, 11) is 0. The van der Waals surface area contributed by atoms with Crippen molar-refractivity contribution >= 4 is 23.3 Å². The van der Waals surface area contributed by atoms with Crippen molar-refractivity contribution in [3.05, 3.63) is 42.0 Å². The maximum absolute atomic E-state index is 7.09. The van der Waals surface area contributed by atoms with Crippen LogP contribution in [0.15, 0.2) is 30.8 Å². The van der Waals surface area contributed by atoms with Gasteiger partial charge in [-0.25, -0.2) is 0 Å². The molecular formula is C15H24ClP. The molecule has 96 valence electrons. The van der Waals surface area contributed by atoms with Gasteiger partial charge >= 0.3 is 111 Å². The molecule has 0 N–H and O–H groups in total. The van der Waals surface area contributed by atoms with Crippen molar-refractivity contribution in [3.8, 4) is 0 Å². The Morgan fingerprint density at radius 1 is 1.18 bits per heavy atom. The Bertz CT molecular complexity index is 383. The molecule has 0 aliphatic carbocycles. The minimum atomic E-state index is -2.03. The van der Waals surface area contributed by atoms with Crippen LogP contribution in [0.1, 0.15) is 31.9 Å². The molecule has 1 aromatic rings. The number of rotatable bonds is 6. The third-order valence-corrected chi connectivity index (χ3v) is 12.5. The molecule has 1 aromatic carbocycles. The topological polar surface area (TPSA) is 0 Å². The van der Waals surface area contributed by atoms with Crippen molar-refractivity contribution in [1.29, 1.82) is 0 Å². The third kappa shape index (κ3) is 3.33. The number of halogens is 1. The van der Waals surface area contributed by atoms with Gasteiger partial charge in [0.05, 0.1) is 0 Å². The summed E-state index contributed by atoms with van der Waals surface area (Å²) in [4.78, 5) is 0. The molecule has 0 amide bonds. The molecule has 0 aliphatic rings. The van der Waals surface area contributed by atoms with Gasteiger partial charge in [0.2, 0.25) is 0 Å². The van der Waals surface area contributed by atoms with E-state index in [0.717, 1.165) is 24.6 Å². The van der Waals surface area contributed by atoms with E-state index < -0.39 is 5.96 Å². The van der Waals surface area contributed by atoms with Crippen LogP contribution in [0.4, 0.5) is 0 Å². The summed E-state index contributed by atoms with van der Waals surface area (Å²) in [5.41, 5.74) is 2.55. The summed E-state index contributed by atoms with van der Waals surface area (Å²) in [5, 5.41) is 0. The van der Waals surface area contributed by atoms with Gasteiger partial charge in [0.25, 0.3) is 0 Å². The van der Waals surface area contributed by atoms with Crippen LogP contribution >= 0.6 is 17.2 Å². The summed E-state index contributed by atoms with van der Waals surface area (Å²) < 4.78 is 0. The van der Waals surface area contributed by atoms with Crippen molar-refractivity contribution in [2.24, 2.45) is 0 Å². The first kappa shape index (κ1) is 14.7. The molecule has 0 heterocycles. The van der Waals surface area contributed by atoms with Gasteiger partial charge in [-0.1, -0.05) is 0 Å². The maximum atomic E-state index is 7.09. The predicted molar refractivity (Wildman–Crippen MR) is 84.6 cm³/mol. The van der Waals surface area contributed by atoms with E-state index in [4.69, 9.17) is 11.2 Å². The van der Waals surface area contributed by atoms with Gasteiger partial charge in [-0.2, -0.15) is 0 Å². The molecule has 0 saturated heterocycles. The molecule has 17 heavy (non-hydrogen) atoms. The van der Waals surface area contributed by atoms with Crippen LogP contribution < -0.4 is 0 Å². The standard InChI is InChI=1S/C15H24ClP/c1-5-14-10-9-11-15(12-14)13-17(16,6-2,7-3)8-4/h5,9-12H,1,6-8,13H2,2-4H3. The van der Waals surface area contributed by atoms with E-state index in [1.807, 2.05) is 6.08 Å². The summed E-state index contributed by atoms with van der Waals surface area (Å²) in [6.07, 6.45) is 6.32. The second-order valence-electron chi connectivity index (χ2n) is 4.88. The monoisotopic (exact) mass is 270 g/mol. The Hall–Kier alpha value is -0.320. The van der Waals surface area contributed by atoms with E-state index in [1.54, 1.807) is 0 Å². The van der Waals surface area contributed by atoms with Crippen LogP contribution in [-0.4, -0.2) is 18.5 Å². The number of benzene rings is 1. The Morgan fingerprint density at radius 2 is 1.76 bits per heavy atom. The van der Waals surface area contributed by atoms with Crippen LogP contribution in [0.2, 0.25) is 0 Å². The fourth-order valence-electron chi connectivity index (χ4n) is 2.28. The number of hydrogen-bond donors (Lipinski definition) is 0. The summed E-state index contributed by atoms with van der Waals surface area (Å²) in [6.45, 7) is 10.6. The van der Waals surface area contributed by atoms with Crippen LogP contribution in [0.3, 0.4) is 0 Å². The van der Waals surface area contributed by atoms with Gasteiger partial charge in [-0.15, -0.1) is 0 Å². The zero-order chi connectivity index (χ0) is 13.0. The Labute approximate surface area is 111 Å². The van der Waals surface area contributed by atoms with E-state index in [9.17, 15) is 0 Å². The first-order valence-corrected chi connectivity index (χ1v) is 10.3. The van der Waals surface area contributed by atoms with Gasteiger partial charge in [0.1, 0.15) is 0 Å². The Morgan fingerprint density at radius 3 is 2.24 bits per heavy atom. The molecule has 1 rings (SSSR count). The molecule has 0 nitrogen and oxygen atoms in total. The summed E-state index contributed by atoms with van der Waals surface area (Å²) >= 11 is 7.09. The Balaban J connectivity index is 3.06. The van der Waals surface area contributed by atoms with E-state index >= 15 is 0 Å². The van der Waals surface area contributed by atoms with E-state index in [0.29, 0.717) is 0 Å². The summed E-state index contributed by atoms with van der Waals surface area (Å²) in [6, 6.07) is 8.60. The molecule has 0 fully saturated rings. The van der Waals surface area contributed by atoms with Crippen molar-refractivity contribution in [3.63, 3.8) is 0 Å². The normalized spacial score (nSPS) is 14.0.